The lowest BCUT2D eigenvalue weighted by atomic mass is 10.1. The molecule has 0 aliphatic carbocycles. The number of aromatic nitrogens is 2. The van der Waals surface area contributed by atoms with Crippen LogP contribution in [-0.2, 0) is 0 Å². The molecule has 1 heterocycles. The van der Waals surface area contributed by atoms with Gasteiger partial charge in [-0.1, -0.05) is 41.9 Å². The van der Waals surface area contributed by atoms with Crippen molar-refractivity contribution < 1.29 is 9.53 Å². The van der Waals surface area contributed by atoms with Crippen LogP contribution in [0.15, 0.2) is 82.1 Å². The molecule has 6 nitrogen and oxygen atoms in total. The monoisotopic (exact) mass is 547 g/mol. The number of ether oxygens (including phenoxy) is 1. The van der Waals surface area contributed by atoms with Crippen LogP contribution in [0.2, 0.25) is 0 Å². The Morgan fingerprint density at radius 1 is 1.00 bits per heavy atom. The van der Waals surface area contributed by atoms with E-state index in [2.05, 4.69) is 29.8 Å². The summed E-state index contributed by atoms with van der Waals surface area (Å²) in [5.41, 5.74) is 1.69. The van der Waals surface area contributed by atoms with Gasteiger partial charge in [-0.3, -0.25) is 14.2 Å². The van der Waals surface area contributed by atoms with Gasteiger partial charge in [-0.25, -0.2) is 4.98 Å². The number of benzene rings is 3. The largest absolute Gasteiger partial charge is 0.497 e. The summed E-state index contributed by atoms with van der Waals surface area (Å²) >= 11 is 3.44. The zero-order chi connectivity index (χ0) is 25.8. The van der Waals surface area contributed by atoms with E-state index in [4.69, 9.17) is 9.72 Å². The Morgan fingerprint density at radius 3 is 2.31 bits per heavy atom. The lowest BCUT2D eigenvalue weighted by Crippen LogP contribution is -2.38. The van der Waals surface area contributed by atoms with Crippen molar-refractivity contribution in [3.63, 3.8) is 0 Å². The van der Waals surface area contributed by atoms with Gasteiger partial charge in [0.05, 0.1) is 29.7 Å². The van der Waals surface area contributed by atoms with Crippen LogP contribution in [0.25, 0.3) is 16.6 Å². The quantitative estimate of drug-likeness (QED) is 0.256. The van der Waals surface area contributed by atoms with Crippen LogP contribution in [0.1, 0.15) is 49.4 Å². The molecule has 186 valence electrons. The molecule has 0 fully saturated rings. The van der Waals surface area contributed by atoms with Gasteiger partial charge in [-0.15, -0.1) is 0 Å². The van der Waals surface area contributed by atoms with E-state index in [0.29, 0.717) is 46.2 Å². The molecule has 4 aromatic rings. The molecule has 0 N–H and O–H groups in total. The highest BCUT2D eigenvalue weighted by Gasteiger charge is 2.27. The summed E-state index contributed by atoms with van der Waals surface area (Å²) in [5.74, 6) is 1.52. The summed E-state index contributed by atoms with van der Waals surface area (Å²) in [5, 5.41) is 0.525. The molecule has 0 bridgehead atoms. The van der Waals surface area contributed by atoms with Crippen molar-refractivity contribution in [3.05, 3.63) is 99.0 Å². The number of halogens is 1. The summed E-state index contributed by atoms with van der Waals surface area (Å²) in [4.78, 5) is 34.2. The van der Waals surface area contributed by atoms with Gasteiger partial charge in [0.2, 0.25) is 0 Å². The van der Waals surface area contributed by atoms with Crippen LogP contribution in [0.3, 0.4) is 0 Å². The number of carbonyl (C=O) groups is 1. The molecule has 0 aliphatic rings. The number of amides is 1. The molecule has 36 heavy (non-hydrogen) atoms. The molecule has 7 heteroatoms. The zero-order valence-corrected chi connectivity index (χ0v) is 22.5. The number of nitrogens with zero attached hydrogens (tertiary/aromatic N) is 3. The third-order valence-electron chi connectivity index (χ3n) is 6.27. The summed E-state index contributed by atoms with van der Waals surface area (Å²) in [6.45, 7) is 6.75. The van der Waals surface area contributed by atoms with Gasteiger partial charge < -0.3 is 9.64 Å². The molecular weight excluding hydrogens is 518 g/mol. The van der Waals surface area contributed by atoms with E-state index in [9.17, 15) is 9.59 Å². The second-order valence-electron chi connectivity index (χ2n) is 9.19. The Balaban J connectivity index is 1.88. The highest BCUT2D eigenvalue weighted by atomic mass is 79.9. The first kappa shape index (κ1) is 25.6. The van der Waals surface area contributed by atoms with Crippen molar-refractivity contribution in [3.8, 4) is 11.4 Å². The second kappa shape index (κ2) is 11.1. The minimum absolute atomic E-state index is 0.0978. The predicted molar refractivity (Wildman–Crippen MR) is 147 cm³/mol. The van der Waals surface area contributed by atoms with Gasteiger partial charge in [0.1, 0.15) is 11.6 Å². The molecule has 3 aromatic carbocycles. The Morgan fingerprint density at radius 2 is 1.67 bits per heavy atom. The average Bonchev–Trinajstić information content (AvgIpc) is 2.89. The van der Waals surface area contributed by atoms with Crippen LogP contribution >= 0.6 is 15.9 Å². The van der Waals surface area contributed by atoms with Gasteiger partial charge >= 0.3 is 0 Å². The van der Waals surface area contributed by atoms with Gasteiger partial charge in [0, 0.05) is 16.6 Å². The molecule has 1 amide bonds. The van der Waals surface area contributed by atoms with Crippen molar-refractivity contribution in [2.75, 3.05) is 13.7 Å². The fourth-order valence-corrected chi connectivity index (χ4v) is 4.44. The van der Waals surface area contributed by atoms with Crippen LogP contribution in [-0.4, -0.2) is 34.0 Å². The van der Waals surface area contributed by atoms with Gasteiger partial charge in [-0.2, -0.15) is 0 Å². The Kier molecular flexibility index (Phi) is 7.89. The minimum atomic E-state index is -0.459. The van der Waals surface area contributed by atoms with E-state index >= 15 is 0 Å². The maximum atomic E-state index is 13.8. The Bertz CT molecular complexity index is 1410. The summed E-state index contributed by atoms with van der Waals surface area (Å²) in [7, 11) is 1.60. The highest BCUT2D eigenvalue weighted by Crippen LogP contribution is 2.26. The van der Waals surface area contributed by atoms with E-state index < -0.39 is 6.04 Å². The van der Waals surface area contributed by atoms with E-state index in [1.807, 2.05) is 78.6 Å². The Labute approximate surface area is 219 Å². The fraction of sp³-hybridized carbons (Fsp3) is 0.276. The molecule has 0 spiro atoms. The van der Waals surface area contributed by atoms with E-state index in [-0.39, 0.29) is 11.5 Å². The van der Waals surface area contributed by atoms with Crippen LogP contribution in [0.5, 0.6) is 5.75 Å². The zero-order valence-electron chi connectivity index (χ0n) is 20.9. The van der Waals surface area contributed by atoms with Gasteiger partial charge in [0.25, 0.3) is 11.5 Å². The number of hydrogen-bond acceptors (Lipinski definition) is 4. The molecule has 1 aromatic heterocycles. The first-order valence-corrected chi connectivity index (χ1v) is 12.8. The van der Waals surface area contributed by atoms with Crippen molar-refractivity contribution >= 4 is 32.7 Å². The number of hydrogen-bond donors (Lipinski definition) is 0. The molecule has 0 aliphatic heterocycles. The van der Waals surface area contributed by atoms with Crippen molar-refractivity contribution in [1.29, 1.82) is 0 Å². The number of para-hydroxylation sites is 1. The molecule has 0 saturated carbocycles. The first-order chi connectivity index (χ1) is 17.3. The molecule has 0 radical (unpaired) electrons. The first-order valence-electron chi connectivity index (χ1n) is 12.0. The minimum Gasteiger partial charge on any atom is -0.497 e. The van der Waals surface area contributed by atoms with Crippen molar-refractivity contribution in [2.45, 2.75) is 33.2 Å². The Hall–Kier alpha value is -3.45. The van der Waals surface area contributed by atoms with E-state index in [1.54, 1.807) is 17.7 Å². The SMILES string of the molecule is COc1ccc(-n2c(C(C)N(CCC(C)C)C(=O)c3ccc(Br)cc3)nc3ccccc3c2=O)cc1. The fourth-order valence-electron chi connectivity index (χ4n) is 4.18. The molecule has 1 atom stereocenters. The van der Waals surface area contributed by atoms with E-state index in [0.717, 1.165) is 10.9 Å². The standard InChI is InChI=1S/C29H30BrN3O3/c1-19(2)17-18-32(28(34)21-9-11-22(30)12-10-21)20(3)27-31-26-8-6-5-7-25(26)29(35)33(27)23-13-15-24(36-4)16-14-23/h5-16,19-20H,17-18H2,1-4H3. The molecular formula is C29H30BrN3O3. The average molecular weight is 548 g/mol. The van der Waals surface area contributed by atoms with Crippen LogP contribution in [0.4, 0.5) is 0 Å². The second-order valence-corrected chi connectivity index (χ2v) is 10.1. The smallest absolute Gasteiger partial charge is 0.266 e. The van der Waals surface area contributed by atoms with E-state index in [1.165, 1.54) is 0 Å². The predicted octanol–water partition coefficient (Wildman–Crippen LogP) is 6.41. The summed E-state index contributed by atoms with van der Waals surface area (Å²) < 4.78 is 7.83. The molecule has 4 rings (SSSR count). The molecule has 0 saturated heterocycles. The maximum Gasteiger partial charge on any atom is 0.266 e. The highest BCUT2D eigenvalue weighted by molar-refractivity contribution is 9.10. The lowest BCUT2D eigenvalue weighted by molar-refractivity contribution is 0.0671. The van der Waals surface area contributed by atoms with Crippen LogP contribution < -0.4 is 10.3 Å². The van der Waals surface area contributed by atoms with Crippen molar-refractivity contribution in [2.24, 2.45) is 5.92 Å². The maximum absolute atomic E-state index is 13.8. The number of carbonyl (C=O) groups excluding carboxylic acids is 1. The number of fused-ring (bicyclic) bond motifs is 1. The normalized spacial score (nSPS) is 12.1. The number of rotatable bonds is 8. The number of methoxy groups -OCH3 is 1. The third kappa shape index (κ3) is 5.36. The van der Waals surface area contributed by atoms with Gasteiger partial charge in [-0.05, 0) is 79.9 Å². The topological polar surface area (TPSA) is 64.4 Å². The summed E-state index contributed by atoms with van der Waals surface area (Å²) in [6, 6.07) is 21.5. The molecule has 1 unspecified atom stereocenters. The lowest BCUT2D eigenvalue weighted by Gasteiger charge is -2.31. The van der Waals surface area contributed by atoms with Gasteiger partial charge in [0.15, 0.2) is 0 Å². The summed E-state index contributed by atoms with van der Waals surface area (Å²) in [6.07, 6.45) is 0.826. The van der Waals surface area contributed by atoms with Crippen LogP contribution in [0, 0.1) is 5.92 Å². The third-order valence-corrected chi connectivity index (χ3v) is 6.80. The van der Waals surface area contributed by atoms with Crippen molar-refractivity contribution in [1.82, 2.24) is 14.5 Å².